The maximum Gasteiger partial charge on any atom is 0.0998 e. The molecule has 0 aliphatic heterocycles. The van der Waals surface area contributed by atoms with Gasteiger partial charge in [0.15, 0.2) is 0 Å². The highest BCUT2D eigenvalue weighted by molar-refractivity contribution is 6.24. The molecule has 0 atom stereocenters. The predicted molar refractivity (Wildman–Crippen MR) is 73.7 cm³/mol. The maximum absolute atomic E-state index is 9.30. The largest absolute Gasteiger partial charge is 0.192 e. The van der Waals surface area contributed by atoms with E-state index in [-0.39, 0.29) is 0 Å². The van der Waals surface area contributed by atoms with Crippen LogP contribution < -0.4 is 0 Å². The number of hydrogen-bond donors (Lipinski definition) is 0. The first-order valence-corrected chi connectivity index (χ1v) is 5.87. The normalized spacial score (nSPS) is 11.3. The third-order valence-corrected chi connectivity index (χ3v) is 3.55. The second-order valence-electron chi connectivity index (χ2n) is 4.49. The van der Waals surface area contributed by atoms with Gasteiger partial charge in [0.05, 0.1) is 11.6 Å². The van der Waals surface area contributed by atoms with Crippen molar-refractivity contribution in [2.24, 2.45) is 0 Å². The van der Waals surface area contributed by atoms with E-state index in [2.05, 4.69) is 30.3 Å². The smallest absolute Gasteiger partial charge is 0.0998 e. The highest BCUT2D eigenvalue weighted by atomic mass is 14.2. The van der Waals surface area contributed by atoms with Crippen LogP contribution in [0.3, 0.4) is 0 Å². The summed E-state index contributed by atoms with van der Waals surface area (Å²) in [4.78, 5) is 0. The molecular weight excluding hydrogens is 218 g/mol. The van der Waals surface area contributed by atoms with Gasteiger partial charge in [0.25, 0.3) is 0 Å². The Kier molecular flexibility index (Phi) is 1.68. The lowest BCUT2D eigenvalue weighted by Crippen LogP contribution is -1.86. The van der Waals surface area contributed by atoms with Crippen LogP contribution in [0.5, 0.6) is 0 Å². The Balaban J connectivity index is 2.48. The fourth-order valence-corrected chi connectivity index (χ4v) is 2.77. The van der Waals surface area contributed by atoms with Gasteiger partial charge >= 0.3 is 0 Å². The van der Waals surface area contributed by atoms with Crippen LogP contribution in [0, 0.1) is 17.4 Å². The second kappa shape index (κ2) is 3.21. The molecule has 0 N–H and O–H groups in total. The van der Waals surface area contributed by atoms with Crippen LogP contribution in [-0.2, 0) is 0 Å². The molecule has 1 radical (unpaired) electrons. The van der Waals surface area contributed by atoms with Crippen molar-refractivity contribution in [3.8, 4) is 6.07 Å². The molecule has 81 valence electrons. The van der Waals surface area contributed by atoms with Gasteiger partial charge in [0.1, 0.15) is 0 Å². The zero-order valence-electron chi connectivity index (χ0n) is 9.57. The number of nitrogens with zero attached hydrogens (tertiary/aromatic N) is 1. The SMILES string of the molecule is N#Cc1cc2cc[c]c3ccc4cccc1c4c32. The van der Waals surface area contributed by atoms with Gasteiger partial charge in [-0.2, -0.15) is 5.26 Å². The molecule has 0 unspecified atom stereocenters. The minimum absolute atomic E-state index is 0.742. The Morgan fingerprint density at radius 1 is 0.944 bits per heavy atom. The standard InChI is InChI=1S/C17H8N/c18-10-14-9-13-5-1-3-11-7-8-12-4-2-6-15(14)17(12)16(11)13/h1-2,4-9H. The molecule has 0 saturated heterocycles. The number of rotatable bonds is 0. The van der Waals surface area contributed by atoms with Crippen molar-refractivity contribution in [2.75, 3.05) is 0 Å². The van der Waals surface area contributed by atoms with Crippen molar-refractivity contribution in [1.29, 1.82) is 5.26 Å². The number of hydrogen-bond acceptors (Lipinski definition) is 1. The summed E-state index contributed by atoms with van der Waals surface area (Å²) in [6, 6.07) is 21.8. The summed E-state index contributed by atoms with van der Waals surface area (Å²) in [5.41, 5.74) is 0.742. The fraction of sp³-hybridized carbons (Fsp3) is 0. The quantitative estimate of drug-likeness (QED) is 0.411. The molecule has 0 amide bonds. The Morgan fingerprint density at radius 3 is 2.78 bits per heavy atom. The van der Waals surface area contributed by atoms with E-state index < -0.39 is 0 Å². The van der Waals surface area contributed by atoms with E-state index in [0.717, 1.165) is 21.7 Å². The molecule has 18 heavy (non-hydrogen) atoms. The molecular formula is C17H8N. The topological polar surface area (TPSA) is 23.8 Å². The zero-order valence-corrected chi connectivity index (χ0v) is 9.57. The molecule has 0 saturated carbocycles. The third-order valence-electron chi connectivity index (χ3n) is 3.55. The minimum Gasteiger partial charge on any atom is -0.192 e. The molecule has 4 aromatic rings. The van der Waals surface area contributed by atoms with Gasteiger partial charge in [-0.3, -0.25) is 0 Å². The third kappa shape index (κ3) is 1.05. The number of benzene rings is 4. The summed E-state index contributed by atoms with van der Waals surface area (Å²) in [7, 11) is 0. The molecule has 4 aromatic carbocycles. The van der Waals surface area contributed by atoms with Crippen LogP contribution in [0.25, 0.3) is 32.3 Å². The van der Waals surface area contributed by atoms with Gasteiger partial charge in [-0.15, -0.1) is 0 Å². The summed E-state index contributed by atoms with van der Waals surface area (Å²) in [6.07, 6.45) is 0. The zero-order chi connectivity index (χ0) is 12.1. The lowest BCUT2D eigenvalue weighted by molar-refractivity contribution is 1.51. The summed E-state index contributed by atoms with van der Waals surface area (Å²) < 4.78 is 0. The van der Waals surface area contributed by atoms with Crippen LogP contribution in [0.2, 0.25) is 0 Å². The lowest BCUT2D eigenvalue weighted by atomic mass is 9.92. The minimum atomic E-state index is 0.742. The van der Waals surface area contributed by atoms with Crippen molar-refractivity contribution in [2.45, 2.75) is 0 Å². The van der Waals surface area contributed by atoms with Crippen LogP contribution in [0.1, 0.15) is 5.56 Å². The van der Waals surface area contributed by atoms with Gasteiger partial charge in [-0.25, -0.2) is 0 Å². The molecule has 1 heteroatoms. The predicted octanol–water partition coefficient (Wildman–Crippen LogP) is 4.26. The Hall–Kier alpha value is -2.59. The van der Waals surface area contributed by atoms with Crippen molar-refractivity contribution in [1.82, 2.24) is 0 Å². The van der Waals surface area contributed by atoms with Crippen LogP contribution in [-0.4, -0.2) is 0 Å². The van der Waals surface area contributed by atoms with Crippen molar-refractivity contribution >= 4 is 32.3 Å². The van der Waals surface area contributed by atoms with E-state index in [4.69, 9.17) is 0 Å². The highest BCUT2D eigenvalue weighted by Gasteiger charge is 2.10. The van der Waals surface area contributed by atoms with E-state index in [1.54, 1.807) is 0 Å². The van der Waals surface area contributed by atoms with Gasteiger partial charge in [-0.1, -0.05) is 42.5 Å². The summed E-state index contributed by atoms with van der Waals surface area (Å²) in [6.45, 7) is 0. The van der Waals surface area contributed by atoms with Crippen molar-refractivity contribution in [3.63, 3.8) is 0 Å². The Bertz CT molecular complexity index is 929. The average molecular weight is 226 g/mol. The van der Waals surface area contributed by atoms with Gasteiger partial charge in [-0.05, 0) is 39.1 Å². The molecule has 4 rings (SSSR count). The Morgan fingerprint density at radius 2 is 1.89 bits per heavy atom. The number of nitriles is 1. The Labute approximate surface area is 104 Å². The van der Waals surface area contributed by atoms with E-state index in [1.165, 1.54) is 16.2 Å². The second-order valence-corrected chi connectivity index (χ2v) is 4.49. The van der Waals surface area contributed by atoms with E-state index in [1.807, 2.05) is 30.3 Å². The van der Waals surface area contributed by atoms with Gasteiger partial charge in [0, 0.05) is 5.39 Å². The molecule has 0 bridgehead atoms. The molecule has 0 fully saturated rings. The van der Waals surface area contributed by atoms with Crippen molar-refractivity contribution < 1.29 is 0 Å². The summed E-state index contributed by atoms with van der Waals surface area (Å²) in [5.74, 6) is 0. The first-order chi connectivity index (χ1) is 8.88. The molecule has 0 spiro atoms. The summed E-state index contributed by atoms with van der Waals surface area (Å²) in [5, 5.41) is 16.1. The van der Waals surface area contributed by atoms with Crippen LogP contribution in [0.15, 0.2) is 48.5 Å². The highest BCUT2D eigenvalue weighted by Crippen LogP contribution is 2.35. The first kappa shape index (κ1) is 9.44. The molecule has 0 heterocycles. The van der Waals surface area contributed by atoms with Crippen molar-refractivity contribution in [3.05, 3.63) is 60.2 Å². The van der Waals surface area contributed by atoms with Gasteiger partial charge in [0.2, 0.25) is 0 Å². The van der Waals surface area contributed by atoms with Crippen LogP contribution >= 0.6 is 0 Å². The first-order valence-electron chi connectivity index (χ1n) is 5.87. The molecule has 1 nitrogen and oxygen atoms in total. The van der Waals surface area contributed by atoms with Crippen LogP contribution in [0.4, 0.5) is 0 Å². The van der Waals surface area contributed by atoms with Gasteiger partial charge < -0.3 is 0 Å². The lowest BCUT2D eigenvalue weighted by Gasteiger charge is -2.11. The molecule has 0 aliphatic rings. The monoisotopic (exact) mass is 226 g/mol. The van der Waals surface area contributed by atoms with E-state index >= 15 is 0 Å². The summed E-state index contributed by atoms with van der Waals surface area (Å²) >= 11 is 0. The fourth-order valence-electron chi connectivity index (χ4n) is 2.77. The van der Waals surface area contributed by atoms with E-state index in [9.17, 15) is 5.26 Å². The molecule has 0 aromatic heterocycles. The molecule has 0 aliphatic carbocycles. The van der Waals surface area contributed by atoms with E-state index in [0.29, 0.717) is 0 Å². The maximum atomic E-state index is 9.30. The average Bonchev–Trinajstić information content (AvgIpc) is 2.44.